The summed E-state index contributed by atoms with van der Waals surface area (Å²) in [5.41, 5.74) is 0.724. The Balaban J connectivity index is 2.15. The Bertz CT molecular complexity index is 481. The van der Waals surface area contributed by atoms with E-state index in [0.29, 0.717) is 18.1 Å². The fraction of sp³-hybridized carbons (Fsp3) is 0.333. The van der Waals surface area contributed by atoms with Crippen molar-refractivity contribution in [1.29, 1.82) is 0 Å². The van der Waals surface area contributed by atoms with Crippen LogP contribution in [0.1, 0.15) is 12.7 Å². The molecule has 1 aromatic carbocycles. The summed E-state index contributed by atoms with van der Waals surface area (Å²) in [6.07, 6.45) is 0.696. The van der Waals surface area contributed by atoms with Crippen LogP contribution in [-0.4, -0.2) is 23.2 Å². The minimum absolute atomic E-state index is 0.280. The molecule has 90 valence electrons. The smallest absolute Gasteiger partial charge is 0.257 e. The second-order valence-corrected chi connectivity index (χ2v) is 3.92. The second-order valence-electron chi connectivity index (χ2n) is 3.92. The molecule has 0 aliphatic carbocycles. The fourth-order valence-electron chi connectivity index (χ4n) is 1.42. The van der Waals surface area contributed by atoms with Gasteiger partial charge in [0.05, 0.1) is 0 Å². The van der Waals surface area contributed by atoms with Crippen molar-refractivity contribution in [2.45, 2.75) is 19.4 Å². The zero-order valence-corrected chi connectivity index (χ0v) is 9.77. The first-order valence-electron chi connectivity index (χ1n) is 5.45. The van der Waals surface area contributed by atoms with Gasteiger partial charge in [0.2, 0.25) is 0 Å². The molecule has 1 N–H and O–H groups in total. The van der Waals surface area contributed by atoms with Gasteiger partial charge in [-0.15, -0.1) is 0 Å². The van der Waals surface area contributed by atoms with E-state index in [2.05, 4.69) is 15.5 Å². The summed E-state index contributed by atoms with van der Waals surface area (Å²) in [7, 11) is 1.88. The third-order valence-electron chi connectivity index (χ3n) is 2.54. The summed E-state index contributed by atoms with van der Waals surface area (Å²) in [6, 6.07) is 6.27. The molecule has 0 bridgehead atoms. The predicted molar refractivity (Wildman–Crippen MR) is 61.9 cm³/mol. The van der Waals surface area contributed by atoms with Crippen LogP contribution in [0.4, 0.5) is 4.39 Å². The van der Waals surface area contributed by atoms with E-state index in [4.69, 9.17) is 4.52 Å². The molecule has 5 heteroatoms. The van der Waals surface area contributed by atoms with Gasteiger partial charge in [0.25, 0.3) is 5.89 Å². The normalized spacial score (nSPS) is 12.6. The molecule has 2 rings (SSSR count). The topological polar surface area (TPSA) is 51.0 Å². The molecule has 0 saturated carbocycles. The molecule has 0 saturated heterocycles. The number of hydrogen-bond donors (Lipinski definition) is 1. The predicted octanol–water partition coefficient (Wildman–Crippen LogP) is 2.03. The largest absolute Gasteiger partial charge is 0.334 e. The molecule has 1 unspecified atom stereocenters. The molecular formula is C12H14FN3O. The van der Waals surface area contributed by atoms with Crippen molar-refractivity contribution in [1.82, 2.24) is 15.5 Å². The molecule has 4 nitrogen and oxygen atoms in total. The number of rotatable bonds is 4. The summed E-state index contributed by atoms with van der Waals surface area (Å²) in [5.74, 6) is 0.784. The molecule has 0 aliphatic heterocycles. The zero-order chi connectivity index (χ0) is 12.3. The average Bonchev–Trinajstić information content (AvgIpc) is 2.78. The van der Waals surface area contributed by atoms with E-state index in [0.717, 1.165) is 5.56 Å². The van der Waals surface area contributed by atoms with Gasteiger partial charge in [-0.2, -0.15) is 4.98 Å². The van der Waals surface area contributed by atoms with Gasteiger partial charge < -0.3 is 9.84 Å². The third kappa shape index (κ3) is 2.88. The molecule has 17 heavy (non-hydrogen) atoms. The summed E-state index contributed by atoms with van der Waals surface area (Å²) < 4.78 is 17.9. The quantitative estimate of drug-likeness (QED) is 0.880. The Kier molecular flexibility index (Phi) is 3.49. The Morgan fingerprint density at radius 3 is 2.71 bits per heavy atom. The van der Waals surface area contributed by atoms with E-state index < -0.39 is 0 Å². The highest BCUT2D eigenvalue weighted by Crippen LogP contribution is 2.17. The Morgan fingerprint density at radius 1 is 1.35 bits per heavy atom. The highest BCUT2D eigenvalue weighted by Gasteiger charge is 2.10. The van der Waals surface area contributed by atoms with E-state index in [1.54, 1.807) is 12.1 Å². The molecule has 0 spiro atoms. The minimum Gasteiger partial charge on any atom is -0.334 e. The lowest BCUT2D eigenvalue weighted by molar-refractivity contribution is 0.418. The lowest BCUT2D eigenvalue weighted by Crippen LogP contribution is -2.24. The zero-order valence-electron chi connectivity index (χ0n) is 9.77. The van der Waals surface area contributed by atoms with Crippen LogP contribution in [0.3, 0.4) is 0 Å². The summed E-state index contributed by atoms with van der Waals surface area (Å²) in [5, 5.41) is 6.98. The maximum absolute atomic E-state index is 12.8. The van der Waals surface area contributed by atoms with Gasteiger partial charge in [-0.1, -0.05) is 5.16 Å². The Morgan fingerprint density at radius 2 is 2.06 bits per heavy atom. The number of nitrogens with one attached hydrogen (secondary N) is 1. The van der Waals surface area contributed by atoms with Crippen molar-refractivity contribution in [3.8, 4) is 11.5 Å². The number of benzene rings is 1. The number of nitrogens with zero attached hydrogens (tertiary/aromatic N) is 2. The first-order valence-corrected chi connectivity index (χ1v) is 5.45. The Labute approximate surface area is 98.8 Å². The molecule has 1 aromatic heterocycles. The van der Waals surface area contributed by atoms with E-state index in [-0.39, 0.29) is 11.9 Å². The number of hydrogen-bond acceptors (Lipinski definition) is 4. The van der Waals surface area contributed by atoms with Crippen molar-refractivity contribution < 1.29 is 8.91 Å². The van der Waals surface area contributed by atoms with E-state index >= 15 is 0 Å². The van der Waals surface area contributed by atoms with Crippen molar-refractivity contribution in [3.63, 3.8) is 0 Å². The summed E-state index contributed by atoms with van der Waals surface area (Å²) in [4.78, 5) is 4.26. The van der Waals surface area contributed by atoms with Crippen LogP contribution in [0.15, 0.2) is 28.8 Å². The van der Waals surface area contributed by atoms with E-state index in [1.807, 2.05) is 14.0 Å². The molecule has 1 atom stereocenters. The van der Waals surface area contributed by atoms with Crippen LogP contribution in [-0.2, 0) is 6.42 Å². The molecule has 2 aromatic rings. The fourth-order valence-corrected chi connectivity index (χ4v) is 1.42. The van der Waals surface area contributed by atoms with Crippen LogP contribution in [0.25, 0.3) is 11.5 Å². The number of likely N-dealkylation sites (N-methyl/N-ethyl adjacent to an activating group) is 1. The van der Waals surface area contributed by atoms with E-state index in [9.17, 15) is 4.39 Å². The maximum atomic E-state index is 12.8. The maximum Gasteiger partial charge on any atom is 0.257 e. The SMILES string of the molecule is CNC(C)Cc1noc(-c2ccc(F)cc2)n1. The highest BCUT2D eigenvalue weighted by atomic mass is 19.1. The summed E-state index contributed by atoms with van der Waals surface area (Å²) >= 11 is 0. The molecule has 0 radical (unpaired) electrons. The van der Waals surface area contributed by atoms with E-state index in [1.165, 1.54) is 12.1 Å². The third-order valence-corrected chi connectivity index (χ3v) is 2.54. The Hall–Kier alpha value is -1.75. The van der Waals surface area contributed by atoms with Gasteiger partial charge in [-0.05, 0) is 38.2 Å². The first kappa shape index (κ1) is 11.7. The lowest BCUT2D eigenvalue weighted by Gasteiger charge is -2.04. The van der Waals surface area contributed by atoms with Gasteiger partial charge >= 0.3 is 0 Å². The molecule has 0 fully saturated rings. The van der Waals surface area contributed by atoms with Crippen molar-refractivity contribution in [2.24, 2.45) is 0 Å². The molecular weight excluding hydrogens is 221 g/mol. The monoisotopic (exact) mass is 235 g/mol. The number of aromatic nitrogens is 2. The van der Waals surface area contributed by atoms with Gasteiger partial charge in [0.1, 0.15) is 5.82 Å². The highest BCUT2D eigenvalue weighted by molar-refractivity contribution is 5.52. The molecule has 1 heterocycles. The van der Waals surface area contributed by atoms with Crippen LogP contribution < -0.4 is 5.32 Å². The minimum atomic E-state index is -0.280. The average molecular weight is 235 g/mol. The van der Waals surface area contributed by atoms with Crippen LogP contribution in [0.2, 0.25) is 0 Å². The first-order chi connectivity index (χ1) is 8.19. The van der Waals surface area contributed by atoms with Crippen LogP contribution in [0.5, 0.6) is 0 Å². The van der Waals surface area contributed by atoms with Gasteiger partial charge in [-0.3, -0.25) is 0 Å². The number of halogens is 1. The summed E-state index contributed by atoms with van der Waals surface area (Å²) in [6.45, 7) is 2.04. The van der Waals surface area contributed by atoms with Crippen molar-refractivity contribution in [2.75, 3.05) is 7.05 Å². The van der Waals surface area contributed by atoms with Gasteiger partial charge in [-0.25, -0.2) is 4.39 Å². The van der Waals surface area contributed by atoms with Crippen molar-refractivity contribution >= 4 is 0 Å². The van der Waals surface area contributed by atoms with Crippen molar-refractivity contribution in [3.05, 3.63) is 35.9 Å². The van der Waals surface area contributed by atoms with Crippen LogP contribution >= 0.6 is 0 Å². The molecule has 0 aliphatic rings. The van der Waals surface area contributed by atoms with Gasteiger partial charge in [0.15, 0.2) is 5.82 Å². The molecule has 0 amide bonds. The second kappa shape index (κ2) is 5.05. The lowest BCUT2D eigenvalue weighted by atomic mass is 10.2. The van der Waals surface area contributed by atoms with Crippen LogP contribution in [0, 0.1) is 5.82 Å². The standard InChI is InChI=1S/C12H14FN3O/c1-8(14-2)7-11-15-12(17-16-11)9-3-5-10(13)6-4-9/h3-6,8,14H,7H2,1-2H3. The van der Waals surface area contributed by atoms with Gasteiger partial charge in [0, 0.05) is 18.0 Å².